The SMILES string of the molecule is COC1(C(=O)N2CCC(Nc3cccc(C)c3)CC2)CCNCC1. The Kier molecular flexibility index (Phi) is 5.41. The van der Waals surface area contributed by atoms with Gasteiger partial charge in [0.1, 0.15) is 5.60 Å². The van der Waals surface area contributed by atoms with Crippen molar-refractivity contribution in [1.82, 2.24) is 10.2 Å². The predicted octanol–water partition coefficient (Wildman–Crippen LogP) is 2.17. The highest BCUT2D eigenvalue weighted by Crippen LogP contribution is 2.27. The molecular weight excluding hydrogens is 302 g/mol. The number of nitrogens with one attached hydrogen (secondary N) is 2. The summed E-state index contributed by atoms with van der Waals surface area (Å²) in [7, 11) is 1.68. The maximum atomic E-state index is 13.0. The Balaban J connectivity index is 1.55. The molecule has 5 heteroatoms. The van der Waals surface area contributed by atoms with E-state index in [1.165, 1.54) is 11.3 Å². The first-order valence-corrected chi connectivity index (χ1v) is 9.01. The standard InChI is InChI=1S/C19H29N3O2/c1-15-4-3-5-17(14-15)21-16-6-12-22(13-7-16)18(23)19(24-2)8-10-20-11-9-19/h3-5,14,16,20-21H,6-13H2,1-2H3. The van der Waals surface area contributed by atoms with E-state index in [1.54, 1.807) is 7.11 Å². The third-order valence-corrected chi connectivity index (χ3v) is 5.36. The molecule has 1 aromatic carbocycles. The number of nitrogens with zero attached hydrogens (tertiary/aromatic N) is 1. The first kappa shape index (κ1) is 17.2. The van der Waals surface area contributed by atoms with Crippen molar-refractivity contribution >= 4 is 11.6 Å². The number of rotatable bonds is 4. The molecule has 3 rings (SSSR count). The number of anilines is 1. The summed E-state index contributed by atoms with van der Waals surface area (Å²) in [4.78, 5) is 15.0. The van der Waals surface area contributed by atoms with E-state index in [9.17, 15) is 4.79 Å². The summed E-state index contributed by atoms with van der Waals surface area (Å²) < 4.78 is 5.68. The van der Waals surface area contributed by atoms with Crippen LogP contribution in [-0.4, -0.2) is 55.7 Å². The number of ether oxygens (including phenoxy) is 1. The van der Waals surface area contributed by atoms with E-state index in [2.05, 4.69) is 41.8 Å². The molecule has 1 aromatic rings. The quantitative estimate of drug-likeness (QED) is 0.888. The van der Waals surface area contributed by atoms with E-state index in [4.69, 9.17) is 4.74 Å². The minimum absolute atomic E-state index is 0.181. The summed E-state index contributed by atoms with van der Waals surface area (Å²) in [5.74, 6) is 0.181. The molecule has 2 aliphatic heterocycles. The zero-order valence-electron chi connectivity index (χ0n) is 14.8. The lowest BCUT2D eigenvalue weighted by atomic mass is 9.89. The molecule has 0 saturated carbocycles. The van der Waals surface area contributed by atoms with Gasteiger partial charge in [-0.3, -0.25) is 4.79 Å². The lowest BCUT2D eigenvalue weighted by Crippen LogP contribution is -2.57. The monoisotopic (exact) mass is 331 g/mol. The first-order chi connectivity index (χ1) is 11.6. The Labute approximate surface area is 144 Å². The van der Waals surface area contributed by atoms with Crippen LogP contribution >= 0.6 is 0 Å². The normalized spacial score (nSPS) is 21.5. The average Bonchev–Trinajstić information content (AvgIpc) is 2.62. The fourth-order valence-corrected chi connectivity index (χ4v) is 3.82. The minimum Gasteiger partial charge on any atom is -0.382 e. The summed E-state index contributed by atoms with van der Waals surface area (Å²) in [5.41, 5.74) is 1.83. The third kappa shape index (κ3) is 3.73. The second-order valence-corrected chi connectivity index (χ2v) is 7.03. The number of hydrogen-bond donors (Lipinski definition) is 2. The molecule has 0 bridgehead atoms. The van der Waals surface area contributed by atoms with Gasteiger partial charge in [-0.15, -0.1) is 0 Å². The number of methoxy groups -OCH3 is 1. The Bertz CT molecular complexity index is 561. The molecule has 0 aromatic heterocycles. The molecular formula is C19H29N3O2. The number of carbonyl (C=O) groups excluding carboxylic acids is 1. The van der Waals surface area contributed by atoms with Gasteiger partial charge in [-0.1, -0.05) is 12.1 Å². The van der Waals surface area contributed by atoms with Crippen molar-refractivity contribution in [1.29, 1.82) is 0 Å². The fraction of sp³-hybridized carbons (Fsp3) is 0.632. The number of aryl methyl sites for hydroxylation is 1. The van der Waals surface area contributed by atoms with Crippen molar-refractivity contribution in [3.63, 3.8) is 0 Å². The van der Waals surface area contributed by atoms with Crippen LogP contribution in [0.15, 0.2) is 24.3 Å². The van der Waals surface area contributed by atoms with Crippen LogP contribution in [0.5, 0.6) is 0 Å². The maximum Gasteiger partial charge on any atom is 0.254 e. The molecule has 2 fully saturated rings. The highest BCUT2D eigenvalue weighted by atomic mass is 16.5. The van der Waals surface area contributed by atoms with Crippen molar-refractivity contribution in [2.45, 2.75) is 44.2 Å². The minimum atomic E-state index is -0.609. The molecule has 0 radical (unpaired) electrons. The van der Waals surface area contributed by atoms with Crippen LogP contribution in [0.3, 0.4) is 0 Å². The lowest BCUT2D eigenvalue weighted by molar-refractivity contribution is -0.159. The lowest BCUT2D eigenvalue weighted by Gasteiger charge is -2.41. The van der Waals surface area contributed by atoms with Gasteiger partial charge < -0.3 is 20.3 Å². The molecule has 2 N–H and O–H groups in total. The second-order valence-electron chi connectivity index (χ2n) is 7.03. The Morgan fingerprint density at radius 3 is 2.62 bits per heavy atom. The number of amides is 1. The Hall–Kier alpha value is -1.59. The summed E-state index contributed by atoms with van der Waals surface area (Å²) in [6.07, 6.45) is 3.50. The second kappa shape index (κ2) is 7.53. The van der Waals surface area contributed by atoms with Gasteiger partial charge in [-0.2, -0.15) is 0 Å². The van der Waals surface area contributed by atoms with Crippen LogP contribution in [0.2, 0.25) is 0 Å². The Morgan fingerprint density at radius 1 is 1.29 bits per heavy atom. The zero-order valence-corrected chi connectivity index (χ0v) is 14.8. The van der Waals surface area contributed by atoms with Crippen LogP contribution in [0.25, 0.3) is 0 Å². The molecule has 5 nitrogen and oxygen atoms in total. The average molecular weight is 331 g/mol. The van der Waals surface area contributed by atoms with Gasteiger partial charge in [0.15, 0.2) is 0 Å². The fourth-order valence-electron chi connectivity index (χ4n) is 3.82. The molecule has 1 amide bonds. The van der Waals surface area contributed by atoms with Gasteiger partial charge in [0.05, 0.1) is 0 Å². The number of piperidine rings is 2. The van der Waals surface area contributed by atoms with Gasteiger partial charge in [0.2, 0.25) is 0 Å². The number of carbonyl (C=O) groups is 1. The number of benzene rings is 1. The van der Waals surface area contributed by atoms with E-state index < -0.39 is 5.60 Å². The topological polar surface area (TPSA) is 53.6 Å². The molecule has 132 valence electrons. The summed E-state index contributed by atoms with van der Waals surface area (Å²) in [6, 6.07) is 8.90. The number of hydrogen-bond acceptors (Lipinski definition) is 4. The highest BCUT2D eigenvalue weighted by Gasteiger charge is 2.43. The van der Waals surface area contributed by atoms with Crippen LogP contribution in [0.1, 0.15) is 31.2 Å². The molecule has 0 spiro atoms. The van der Waals surface area contributed by atoms with Crippen molar-refractivity contribution in [3.05, 3.63) is 29.8 Å². The van der Waals surface area contributed by atoms with Crippen LogP contribution in [0, 0.1) is 6.92 Å². The van der Waals surface area contributed by atoms with Crippen LogP contribution < -0.4 is 10.6 Å². The Morgan fingerprint density at radius 2 is 2.00 bits per heavy atom. The molecule has 0 unspecified atom stereocenters. The van der Waals surface area contributed by atoms with Crippen LogP contribution in [-0.2, 0) is 9.53 Å². The van der Waals surface area contributed by atoms with Gasteiger partial charge in [-0.05, 0) is 63.4 Å². The van der Waals surface area contributed by atoms with E-state index >= 15 is 0 Å². The molecule has 0 atom stereocenters. The molecule has 2 heterocycles. The van der Waals surface area contributed by atoms with Gasteiger partial charge >= 0.3 is 0 Å². The van der Waals surface area contributed by atoms with E-state index in [0.29, 0.717) is 6.04 Å². The van der Waals surface area contributed by atoms with Crippen molar-refractivity contribution < 1.29 is 9.53 Å². The maximum absolute atomic E-state index is 13.0. The molecule has 2 saturated heterocycles. The third-order valence-electron chi connectivity index (χ3n) is 5.36. The molecule has 0 aliphatic carbocycles. The smallest absolute Gasteiger partial charge is 0.254 e. The predicted molar refractivity (Wildman–Crippen MR) is 96.2 cm³/mol. The van der Waals surface area contributed by atoms with Crippen LogP contribution in [0.4, 0.5) is 5.69 Å². The van der Waals surface area contributed by atoms with Gasteiger partial charge in [0, 0.05) is 31.9 Å². The zero-order chi connectivity index (χ0) is 17.0. The van der Waals surface area contributed by atoms with E-state index in [-0.39, 0.29) is 5.91 Å². The van der Waals surface area contributed by atoms with Gasteiger partial charge in [-0.25, -0.2) is 0 Å². The highest BCUT2D eigenvalue weighted by molar-refractivity contribution is 5.85. The van der Waals surface area contributed by atoms with Crippen molar-refractivity contribution in [2.75, 3.05) is 38.6 Å². The van der Waals surface area contributed by atoms with Crippen molar-refractivity contribution in [2.24, 2.45) is 0 Å². The summed E-state index contributed by atoms with van der Waals surface area (Å²) in [6.45, 7) is 5.42. The molecule has 24 heavy (non-hydrogen) atoms. The summed E-state index contributed by atoms with van der Waals surface area (Å²) in [5, 5.41) is 6.91. The number of likely N-dealkylation sites (tertiary alicyclic amines) is 1. The van der Waals surface area contributed by atoms with E-state index in [0.717, 1.165) is 51.9 Å². The largest absolute Gasteiger partial charge is 0.382 e. The molecule has 2 aliphatic rings. The van der Waals surface area contributed by atoms with E-state index in [1.807, 2.05) is 4.90 Å². The van der Waals surface area contributed by atoms with Gasteiger partial charge in [0.25, 0.3) is 5.91 Å². The van der Waals surface area contributed by atoms with Crippen molar-refractivity contribution in [3.8, 4) is 0 Å². The first-order valence-electron chi connectivity index (χ1n) is 9.01. The summed E-state index contributed by atoms with van der Waals surface area (Å²) >= 11 is 0.